The van der Waals surface area contributed by atoms with Crippen LogP contribution in [0.2, 0.25) is 0 Å². The van der Waals surface area contributed by atoms with Gasteiger partial charge >= 0.3 is 0 Å². The summed E-state index contributed by atoms with van der Waals surface area (Å²) in [5.74, 6) is 0.989. The number of anilines is 1. The topological polar surface area (TPSA) is 75.9 Å². The highest BCUT2D eigenvalue weighted by atomic mass is 19.1. The number of carbonyl (C=O) groups excluding carboxylic acids is 1. The summed E-state index contributed by atoms with van der Waals surface area (Å²) < 4.78 is 15.6. The average molecular weight is 380 g/mol. The first-order valence-corrected chi connectivity index (χ1v) is 9.24. The molecule has 1 aromatic carbocycles. The maximum atomic E-state index is 13.7. The number of rotatable bonds is 6. The summed E-state index contributed by atoms with van der Waals surface area (Å²) in [7, 11) is 1.88. The van der Waals surface area contributed by atoms with Crippen LogP contribution in [0.15, 0.2) is 42.9 Å². The van der Waals surface area contributed by atoms with E-state index in [4.69, 9.17) is 0 Å². The Morgan fingerprint density at radius 3 is 2.89 bits per heavy atom. The van der Waals surface area contributed by atoms with Crippen LogP contribution in [-0.4, -0.2) is 50.0 Å². The highest BCUT2D eigenvalue weighted by Gasteiger charge is 2.20. The van der Waals surface area contributed by atoms with Gasteiger partial charge < -0.3 is 14.8 Å². The van der Waals surface area contributed by atoms with Gasteiger partial charge in [-0.05, 0) is 24.1 Å². The predicted molar refractivity (Wildman–Crippen MR) is 104 cm³/mol. The van der Waals surface area contributed by atoms with Crippen molar-refractivity contribution in [3.63, 3.8) is 0 Å². The summed E-state index contributed by atoms with van der Waals surface area (Å²) in [4.78, 5) is 27.0. The van der Waals surface area contributed by atoms with Crippen molar-refractivity contribution in [3.05, 3.63) is 48.7 Å². The molecule has 8 heteroatoms. The second-order valence-corrected chi connectivity index (χ2v) is 6.74. The molecule has 3 aromatic rings. The fourth-order valence-corrected chi connectivity index (χ4v) is 3.34. The molecule has 3 heterocycles. The third kappa shape index (κ3) is 3.71. The fraction of sp³-hybridized carbons (Fsp3) is 0.300. The second kappa shape index (κ2) is 7.75. The minimum absolute atomic E-state index is 0.192. The van der Waals surface area contributed by atoms with E-state index in [0.717, 1.165) is 13.0 Å². The summed E-state index contributed by atoms with van der Waals surface area (Å²) >= 11 is 0. The van der Waals surface area contributed by atoms with E-state index in [2.05, 4.69) is 20.3 Å². The lowest BCUT2D eigenvalue weighted by molar-refractivity contribution is -0.127. The number of carbonyl (C=O) groups is 1. The van der Waals surface area contributed by atoms with E-state index < -0.39 is 0 Å². The van der Waals surface area contributed by atoms with Gasteiger partial charge in [0, 0.05) is 57.3 Å². The molecule has 1 fully saturated rings. The molecular weight excluding hydrogens is 359 g/mol. The normalized spacial score (nSPS) is 13.9. The summed E-state index contributed by atoms with van der Waals surface area (Å²) in [5.41, 5.74) is 2.01. The highest BCUT2D eigenvalue weighted by Crippen LogP contribution is 2.30. The van der Waals surface area contributed by atoms with Crippen molar-refractivity contribution in [2.75, 3.05) is 25.0 Å². The van der Waals surface area contributed by atoms with E-state index >= 15 is 0 Å². The smallest absolute Gasteiger partial charge is 0.223 e. The van der Waals surface area contributed by atoms with Gasteiger partial charge in [0.15, 0.2) is 5.82 Å². The maximum absolute atomic E-state index is 13.7. The summed E-state index contributed by atoms with van der Waals surface area (Å²) in [6.45, 7) is 1.98. The van der Waals surface area contributed by atoms with Crippen molar-refractivity contribution >= 4 is 11.9 Å². The van der Waals surface area contributed by atoms with Gasteiger partial charge in [0.2, 0.25) is 11.9 Å². The highest BCUT2D eigenvalue weighted by molar-refractivity contribution is 5.79. The van der Waals surface area contributed by atoms with Crippen LogP contribution < -0.4 is 5.32 Å². The standard InChI is InChI=1S/C20H21FN6O/c1-26-10-7-22-19(26)18-16(14-4-2-5-15(21)12-14)13-24-20(25-18)23-8-11-27-9-3-6-17(27)28/h2,4-5,7,10,12-13H,3,6,8-9,11H2,1H3,(H,23,24,25). The van der Waals surface area contributed by atoms with Crippen LogP contribution in [0.3, 0.4) is 0 Å². The number of nitrogens with zero attached hydrogens (tertiary/aromatic N) is 5. The molecule has 0 saturated carbocycles. The molecule has 0 atom stereocenters. The monoisotopic (exact) mass is 380 g/mol. The van der Waals surface area contributed by atoms with E-state index in [1.54, 1.807) is 18.5 Å². The fourth-order valence-electron chi connectivity index (χ4n) is 3.34. The summed E-state index contributed by atoms with van der Waals surface area (Å²) in [6.07, 6.45) is 6.75. The second-order valence-electron chi connectivity index (χ2n) is 6.74. The molecule has 28 heavy (non-hydrogen) atoms. The largest absolute Gasteiger partial charge is 0.352 e. The van der Waals surface area contributed by atoms with Crippen molar-refractivity contribution in [1.29, 1.82) is 0 Å². The number of amides is 1. The van der Waals surface area contributed by atoms with Crippen molar-refractivity contribution in [3.8, 4) is 22.6 Å². The molecule has 1 aliphatic heterocycles. The summed E-state index contributed by atoms with van der Waals surface area (Å²) in [6, 6.07) is 6.34. The van der Waals surface area contributed by atoms with Crippen molar-refractivity contribution in [1.82, 2.24) is 24.4 Å². The Bertz CT molecular complexity index is 1000. The zero-order valence-electron chi connectivity index (χ0n) is 15.6. The van der Waals surface area contributed by atoms with Crippen LogP contribution in [0.5, 0.6) is 0 Å². The molecule has 0 spiro atoms. The first-order valence-electron chi connectivity index (χ1n) is 9.24. The van der Waals surface area contributed by atoms with Crippen molar-refractivity contribution in [2.45, 2.75) is 12.8 Å². The molecule has 2 aromatic heterocycles. The van der Waals surface area contributed by atoms with Gasteiger partial charge in [-0.1, -0.05) is 12.1 Å². The van der Waals surface area contributed by atoms with E-state index in [9.17, 15) is 9.18 Å². The van der Waals surface area contributed by atoms with Gasteiger partial charge in [-0.25, -0.2) is 19.3 Å². The number of halogens is 1. The lowest BCUT2D eigenvalue weighted by Crippen LogP contribution is -2.30. The molecule has 7 nitrogen and oxygen atoms in total. The molecule has 0 unspecified atom stereocenters. The van der Waals surface area contributed by atoms with Gasteiger partial charge in [0.25, 0.3) is 0 Å². The molecule has 0 aliphatic carbocycles. The number of aryl methyl sites for hydroxylation is 1. The number of hydrogen-bond donors (Lipinski definition) is 1. The Morgan fingerprint density at radius 1 is 1.29 bits per heavy atom. The number of nitrogens with one attached hydrogen (secondary N) is 1. The number of aromatic nitrogens is 4. The third-order valence-electron chi connectivity index (χ3n) is 4.79. The number of imidazole rings is 1. The minimum Gasteiger partial charge on any atom is -0.352 e. The molecule has 144 valence electrons. The van der Waals surface area contributed by atoms with Crippen LogP contribution in [0, 0.1) is 5.82 Å². The Kier molecular flexibility index (Phi) is 5.01. The Balaban J connectivity index is 1.61. The average Bonchev–Trinajstić information content (AvgIpc) is 3.30. The van der Waals surface area contributed by atoms with Crippen LogP contribution in [0.1, 0.15) is 12.8 Å². The lowest BCUT2D eigenvalue weighted by Gasteiger charge is -2.16. The molecule has 1 saturated heterocycles. The van der Waals surface area contributed by atoms with Gasteiger partial charge in [0.1, 0.15) is 11.5 Å². The Morgan fingerprint density at radius 2 is 2.18 bits per heavy atom. The minimum atomic E-state index is -0.319. The predicted octanol–water partition coefficient (Wildman–Crippen LogP) is 2.72. The molecule has 4 rings (SSSR count). The number of hydrogen-bond acceptors (Lipinski definition) is 5. The van der Waals surface area contributed by atoms with Crippen LogP contribution in [0.4, 0.5) is 10.3 Å². The first kappa shape index (κ1) is 18.1. The number of likely N-dealkylation sites (tertiary alicyclic amines) is 1. The first-order chi connectivity index (χ1) is 13.6. The molecule has 1 amide bonds. The van der Waals surface area contributed by atoms with Gasteiger partial charge in [-0.3, -0.25) is 4.79 Å². The van der Waals surface area contributed by atoms with E-state index in [-0.39, 0.29) is 11.7 Å². The molecule has 0 bridgehead atoms. The van der Waals surface area contributed by atoms with Crippen molar-refractivity contribution in [2.24, 2.45) is 7.05 Å². The third-order valence-corrected chi connectivity index (χ3v) is 4.79. The van der Waals surface area contributed by atoms with Crippen LogP contribution in [0.25, 0.3) is 22.6 Å². The van der Waals surface area contributed by atoms with Gasteiger partial charge in [-0.15, -0.1) is 0 Å². The van der Waals surface area contributed by atoms with Gasteiger partial charge in [-0.2, -0.15) is 0 Å². The Labute approximate surface area is 162 Å². The van der Waals surface area contributed by atoms with E-state index in [1.807, 2.05) is 28.8 Å². The van der Waals surface area contributed by atoms with Crippen LogP contribution >= 0.6 is 0 Å². The molecular formula is C20H21FN6O. The summed E-state index contributed by atoms with van der Waals surface area (Å²) in [5, 5.41) is 3.18. The maximum Gasteiger partial charge on any atom is 0.223 e. The molecule has 0 radical (unpaired) electrons. The lowest BCUT2D eigenvalue weighted by atomic mass is 10.1. The van der Waals surface area contributed by atoms with Gasteiger partial charge in [0.05, 0.1) is 0 Å². The Hall–Kier alpha value is -3.29. The van der Waals surface area contributed by atoms with Crippen molar-refractivity contribution < 1.29 is 9.18 Å². The molecule has 1 N–H and O–H groups in total. The zero-order chi connectivity index (χ0) is 19.5. The quantitative estimate of drug-likeness (QED) is 0.712. The van der Waals surface area contributed by atoms with Crippen LogP contribution in [-0.2, 0) is 11.8 Å². The van der Waals surface area contributed by atoms with E-state index in [1.165, 1.54) is 12.1 Å². The zero-order valence-corrected chi connectivity index (χ0v) is 15.6. The number of benzene rings is 1. The van der Waals surface area contributed by atoms with E-state index in [0.29, 0.717) is 48.1 Å². The molecule has 1 aliphatic rings. The SMILES string of the molecule is Cn1ccnc1-c1nc(NCCN2CCCC2=O)ncc1-c1cccc(F)c1.